The van der Waals surface area contributed by atoms with E-state index in [-0.39, 0.29) is 0 Å². The summed E-state index contributed by atoms with van der Waals surface area (Å²) in [6.07, 6.45) is 2.92. The maximum absolute atomic E-state index is 5.31. The van der Waals surface area contributed by atoms with Crippen LogP contribution in [0.5, 0.6) is 0 Å². The molecule has 0 unspecified atom stereocenters. The van der Waals surface area contributed by atoms with Crippen molar-refractivity contribution in [2.75, 3.05) is 0 Å². The molecule has 1 heterocycles. The molecule has 248 valence electrons. The number of rotatable bonds is 5. The van der Waals surface area contributed by atoms with Crippen LogP contribution in [-0.4, -0.2) is 11.5 Å². The average molecular weight is 675 g/mol. The van der Waals surface area contributed by atoms with E-state index in [4.69, 9.17) is 9.98 Å². The third kappa shape index (κ3) is 5.62. The van der Waals surface area contributed by atoms with E-state index < -0.39 is 0 Å². The van der Waals surface area contributed by atoms with Gasteiger partial charge in [-0.1, -0.05) is 176 Å². The summed E-state index contributed by atoms with van der Waals surface area (Å²) in [6.45, 7) is 0. The Morgan fingerprint density at radius 3 is 1.43 bits per heavy atom. The van der Waals surface area contributed by atoms with Crippen LogP contribution in [0, 0.1) is 0 Å². The Hall–Kier alpha value is -6.90. The van der Waals surface area contributed by atoms with Gasteiger partial charge in [-0.25, -0.2) is 9.98 Å². The van der Waals surface area contributed by atoms with E-state index in [0.29, 0.717) is 6.42 Å². The summed E-state index contributed by atoms with van der Waals surface area (Å²) < 4.78 is 0. The Morgan fingerprint density at radius 2 is 0.811 bits per heavy atom. The number of hydrogen-bond acceptors (Lipinski definition) is 2. The Kier molecular flexibility index (Phi) is 7.58. The van der Waals surface area contributed by atoms with E-state index >= 15 is 0 Å². The number of aliphatic imine (C=N–C) groups is 2. The van der Waals surface area contributed by atoms with Gasteiger partial charge in [0.05, 0.1) is 11.4 Å². The third-order valence-electron chi connectivity index (χ3n) is 10.5. The maximum atomic E-state index is 5.31. The second-order valence-electron chi connectivity index (χ2n) is 13.7. The first-order valence-electron chi connectivity index (χ1n) is 18.2. The number of amidine groups is 1. The molecule has 0 saturated heterocycles. The zero-order valence-electron chi connectivity index (χ0n) is 29.1. The Morgan fingerprint density at radius 1 is 0.321 bits per heavy atom. The fourth-order valence-electron chi connectivity index (χ4n) is 7.91. The van der Waals surface area contributed by atoms with E-state index in [0.717, 1.165) is 33.9 Å². The Labute approximate surface area is 308 Å². The molecule has 53 heavy (non-hydrogen) atoms. The predicted molar refractivity (Wildman–Crippen MR) is 226 cm³/mol. The monoisotopic (exact) mass is 674 g/mol. The van der Waals surface area contributed by atoms with Crippen molar-refractivity contribution in [1.29, 1.82) is 0 Å². The average Bonchev–Trinajstić information content (AvgIpc) is 3.47. The lowest BCUT2D eigenvalue weighted by molar-refractivity contribution is 1.43. The highest BCUT2D eigenvalue weighted by molar-refractivity contribution is 6.23. The van der Waals surface area contributed by atoms with E-state index in [1.807, 2.05) is 12.1 Å². The minimum absolute atomic E-state index is 0.675. The van der Waals surface area contributed by atoms with Crippen molar-refractivity contribution in [3.8, 4) is 22.3 Å². The lowest BCUT2D eigenvalue weighted by Gasteiger charge is -2.19. The fraction of sp³-hybridized carbons (Fsp3) is 0.0196. The molecule has 1 aliphatic heterocycles. The SMILES string of the molecule is C1=C(c2ccc3c(-c4ccc5ccccc5c4)c4ccccc4c(-c4ccc5ccccc5c4)c3c2)N=C(c2ccccc2)N=C(c2ccccc2)C1. The molecule has 0 saturated carbocycles. The van der Waals surface area contributed by atoms with Gasteiger partial charge in [0, 0.05) is 17.5 Å². The summed E-state index contributed by atoms with van der Waals surface area (Å²) in [5, 5.41) is 9.82. The summed E-state index contributed by atoms with van der Waals surface area (Å²) >= 11 is 0. The smallest absolute Gasteiger partial charge is 0.160 e. The Balaban J connectivity index is 1.24. The molecule has 2 heteroatoms. The van der Waals surface area contributed by atoms with Gasteiger partial charge < -0.3 is 0 Å². The summed E-state index contributed by atoms with van der Waals surface area (Å²) in [4.78, 5) is 10.5. The number of allylic oxidation sites excluding steroid dienone is 1. The summed E-state index contributed by atoms with van der Waals surface area (Å²) in [7, 11) is 0. The topological polar surface area (TPSA) is 24.7 Å². The standard InChI is InChI=1S/C51H34N2/c1-3-15-36(16-4-1)47-29-30-48(53-51(52-47)37-17-5-2-6-18-37)40-27-28-45-46(33-40)50(42-26-24-35-14-8-10-20-39(35)32-42)44-22-12-11-21-43(44)49(45)41-25-23-34-13-7-9-19-38(34)31-41/h1-28,30-33H,29H2. The summed E-state index contributed by atoms with van der Waals surface area (Å²) in [5.74, 6) is 0.721. The number of hydrogen-bond donors (Lipinski definition) is 0. The van der Waals surface area contributed by atoms with Gasteiger partial charge in [0.15, 0.2) is 5.84 Å². The zero-order valence-corrected chi connectivity index (χ0v) is 29.1. The molecular weight excluding hydrogens is 641 g/mol. The van der Waals surface area contributed by atoms with Crippen molar-refractivity contribution >= 4 is 60.3 Å². The molecule has 0 atom stereocenters. The highest BCUT2D eigenvalue weighted by atomic mass is 14.9. The molecule has 10 rings (SSSR count). The predicted octanol–water partition coefficient (Wildman–Crippen LogP) is 13.3. The lowest BCUT2D eigenvalue weighted by atomic mass is 9.84. The molecule has 0 amide bonds. The van der Waals surface area contributed by atoms with Crippen LogP contribution >= 0.6 is 0 Å². The van der Waals surface area contributed by atoms with Crippen molar-refractivity contribution in [2.45, 2.75) is 6.42 Å². The van der Waals surface area contributed by atoms with Crippen LogP contribution in [0.15, 0.2) is 204 Å². The van der Waals surface area contributed by atoms with Gasteiger partial charge in [0.1, 0.15) is 0 Å². The zero-order chi connectivity index (χ0) is 35.1. The minimum atomic E-state index is 0.675. The van der Waals surface area contributed by atoms with Crippen molar-refractivity contribution in [3.63, 3.8) is 0 Å². The molecule has 9 aromatic carbocycles. The molecule has 1 aliphatic rings. The van der Waals surface area contributed by atoms with Gasteiger partial charge in [-0.05, 0) is 89.1 Å². The molecule has 2 nitrogen and oxygen atoms in total. The molecule has 0 aliphatic carbocycles. The van der Waals surface area contributed by atoms with Crippen LogP contribution in [0.25, 0.3) is 71.0 Å². The molecule has 0 spiro atoms. The van der Waals surface area contributed by atoms with Crippen LogP contribution < -0.4 is 0 Å². The normalized spacial score (nSPS) is 13.2. The summed E-state index contributed by atoms with van der Waals surface area (Å²) in [5.41, 5.74) is 9.99. The van der Waals surface area contributed by atoms with Gasteiger partial charge in [-0.15, -0.1) is 0 Å². The first-order valence-corrected chi connectivity index (χ1v) is 18.2. The third-order valence-corrected chi connectivity index (χ3v) is 10.5. The minimum Gasteiger partial charge on any atom is -0.232 e. The highest BCUT2D eigenvalue weighted by Crippen LogP contribution is 2.45. The largest absolute Gasteiger partial charge is 0.232 e. The van der Waals surface area contributed by atoms with E-state index in [1.54, 1.807) is 0 Å². The van der Waals surface area contributed by atoms with E-state index in [9.17, 15) is 0 Å². The van der Waals surface area contributed by atoms with Gasteiger partial charge in [0.2, 0.25) is 0 Å². The van der Waals surface area contributed by atoms with E-state index in [1.165, 1.54) is 65.3 Å². The molecule has 9 aromatic rings. The fourth-order valence-corrected chi connectivity index (χ4v) is 7.91. The second kappa shape index (κ2) is 13.0. The van der Waals surface area contributed by atoms with Crippen molar-refractivity contribution < 1.29 is 0 Å². The molecule has 0 radical (unpaired) electrons. The number of nitrogens with zero attached hydrogens (tertiary/aromatic N) is 2. The van der Waals surface area contributed by atoms with Crippen molar-refractivity contribution in [3.05, 3.63) is 211 Å². The number of fused-ring (bicyclic) bond motifs is 4. The molecular formula is C51H34N2. The van der Waals surface area contributed by atoms with Gasteiger partial charge in [-0.3, -0.25) is 0 Å². The van der Waals surface area contributed by atoms with Gasteiger partial charge >= 0.3 is 0 Å². The highest BCUT2D eigenvalue weighted by Gasteiger charge is 2.20. The van der Waals surface area contributed by atoms with Crippen LogP contribution in [0.2, 0.25) is 0 Å². The molecule has 0 fully saturated rings. The number of benzene rings is 9. The quantitative estimate of drug-likeness (QED) is 0.162. The first kappa shape index (κ1) is 30.9. The van der Waals surface area contributed by atoms with Crippen molar-refractivity contribution in [1.82, 2.24) is 0 Å². The maximum Gasteiger partial charge on any atom is 0.160 e. The molecule has 0 aromatic heterocycles. The van der Waals surface area contributed by atoms with Crippen LogP contribution in [0.3, 0.4) is 0 Å². The Bertz CT molecular complexity index is 2950. The van der Waals surface area contributed by atoms with Crippen LogP contribution in [0.1, 0.15) is 23.1 Å². The van der Waals surface area contributed by atoms with E-state index in [2.05, 4.69) is 182 Å². The summed E-state index contributed by atoms with van der Waals surface area (Å²) in [6, 6.07) is 67.6. The lowest BCUT2D eigenvalue weighted by Crippen LogP contribution is -2.04. The first-order chi connectivity index (χ1) is 26.3. The molecule has 0 bridgehead atoms. The van der Waals surface area contributed by atoms with Gasteiger partial charge in [0.25, 0.3) is 0 Å². The second-order valence-corrected chi connectivity index (χ2v) is 13.7. The van der Waals surface area contributed by atoms with Gasteiger partial charge in [-0.2, -0.15) is 0 Å². The van der Waals surface area contributed by atoms with Crippen molar-refractivity contribution in [2.24, 2.45) is 9.98 Å². The molecule has 0 N–H and O–H groups in total. The van der Waals surface area contributed by atoms with Crippen LogP contribution in [0.4, 0.5) is 0 Å². The van der Waals surface area contributed by atoms with Crippen LogP contribution in [-0.2, 0) is 0 Å².